The maximum Gasteiger partial charge on any atom is 0.408 e. The molecule has 4 nitrogen and oxygen atoms in total. The molecule has 1 amide bonds. The summed E-state index contributed by atoms with van der Waals surface area (Å²) in [5, 5.41) is 3.03. The first-order chi connectivity index (χ1) is 10.8. The number of aromatic nitrogens is 1. The van der Waals surface area contributed by atoms with Crippen LogP contribution in [0.5, 0.6) is 0 Å². The Hall–Kier alpha value is -1.88. The monoisotopic (exact) mass is 330 g/mol. The van der Waals surface area contributed by atoms with Gasteiger partial charge in [0.2, 0.25) is 0 Å². The van der Waals surface area contributed by atoms with E-state index in [1.807, 2.05) is 33.2 Å². The number of hydrogen-bond donors (Lipinski definition) is 1. The molecular weight excluding hydrogens is 308 g/mol. The highest BCUT2D eigenvalue weighted by Gasteiger charge is 2.46. The average Bonchev–Trinajstić information content (AvgIpc) is 3.10. The molecule has 1 aromatic carbocycles. The Labute approximate surface area is 140 Å². The fourth-order valence-corrected chi connectivity index (χ4v) is 3.44. The minimum Gasteiger partial charge on any atom is -0.444 e. The van der Waals surface area contributed by atoms with Gasteiger partial charge in [0, 0.05) is 0 Å². The molecule has 3 rings (SSSR count). The van der Waals surface area contributed by atoms with Gasteiger partial charge in [-0.05, 0) is 51.7 Å². The van der Waals surface area contributed by atoms with E-state index in [0.717, 1.165) is 24.1 Å². The minimum atomic E-state index is -0.478. The van der Waals surface area contributed by atoms with Crippen LogP contribution >= 0.6 is 11.3 Å². The molecule has 0 bridgehead atoms. The fourth-order valence-electron chi connectivity index (χ4n) is 2.63. The summed E-state index contributed by atoms with van der Waals surface area (Å²) in [5.41, 5.74) is 4.48. The highest BCUT2D eigenvalue weighted by Crippen LogP contribution is 2.46. The topological polar surface area (TPSA) is 51.2 Å². The molecule has 0 atom stereocenters. The standard InChI is InChI=1S/C18H22N2O2S/c1-12-15(23-11-19-12)13-5-7-14(8-6-13)18(9-10-18)20-16(21)22-17(2,3)4/h5-8,11H,9-10H2,1-4H3,(H,20,21). The third-order valence-corrected chi connectivity index (χ3v) is 4.91. The number of amides is 1. The second kappa shape index (κ2) is 5.64. The lowest BCUT2D eigenvalue weighted by Gasteiger charge is -2.23. The van der Waals surface area contributed by atoms with E-state index in [2.05, 4.69) is 34.6 Å². The van der Waals surface area contributed by atoms with Crippen molar-refractivity contribution in [1.29, 1.82) is 0 Å². The summed E-state index contributed by atoms with van der Waals surface area (Å²) < 4.78 is 5.38. The van der Waals surface area contributed by atoms with Gasteiger partial charge in [0.25, 0.3) is 0 Å². The first-order valence-electron chi connectivity index (χ1n) is 7.81. The molecule has 1 N–H and O–H groups in total. The first-order valence-corrected chi connectivity index (χ1v) is 8.69. The molecule has 23 heavy (non-hydrogen) atoms. The molecule has 5 heteroatoms. The third kappa shape index (κ3) is 3.55. The van der Waals surface area contributed by atoms with E-state index in [0.29, 0.717) is 0 Å². The van der Waals surface area contributed by atoms with Crippen LogP contribution < -0.4 is 5.32 Å². The van der Waals surface area contributed by atoms with Gasteiger partial charge in [-0.25, -0.2) is 9.78 Å². The van der Waals surface area contributed by atoms with E-state index < -0.39 is 5.60 Å². The van der Waals surface area contributed by atoms with E-state index in [4.69, 9.17) is 4.74 Å². The smallest absolute Gasteiger partial charge is 0.408 e. The van der Waals surface area contributed by atoms with Crippen molar-refractivity contribution in [3.05, 3.63) is 41.0 Å². The summed E-state index contributed by atoms with van der Waals surface area (Å²) in [6.45, 7) is 7.64. The molecule has 0 aliphatic heterocycles. The Morgan fingerprint density at radius 1 is 1.26 bits per heavy atom. The molecule has 1 aromatic heterocycles. The zero-order chi connectivity index (χ0) is 16.7. The van der Waals surface area contributed by atoms with Gasteiger partial charge in [0.05, 0.1) is 21.6 Å². The largest absolute Gasteiger partial charge is 0.444 e. The number of alkyl carbamates (subject to hydrolysis) is 1. The lowest BCUT2D eigenvalue weighted by Crippen LogP contribution is -2.39. The second-order valence-corrected chi connectivity index (χ2v) is 7.91. The number of carbonyl (C=O) groups is 1. The number of benzene rings is 1. The van der Waals surface area contributed by atoms with Crippen molar-refractivity contribution < 1.29 is 9.53 Å². The van der Waals surface area contributed by atoms with Crippen LogP contribution in [0.4, 0.5) is 4.79 Å². The van der Waals surface area contributed by atoms with E-state index >= 15 is 0 Å². The van der Waals surface area contributed by atoms with Crippen molar-refractivity contribution in [2.24, 2.45) is 0 Å². The van der Waals surface area contributed by atoms with Crippen molar-refractivity contribution in [3.63, 3.8) is 0 Å². The molecule has 1 aliphatic carbocycles. The van der Waals surface area contributed by atoms with Gasteiger partial charge in [-0.15, -0.1) is 11.3 Å². The Balaban J connectivity index is 1.74. The number of carbonyl (C=O) groups excluding carboxylic acids is 1. The predicted octanol–water partition coefficient (Wildman–Crippen LogP) is 4.63. The Morgan fingerprint density at radius 3 is 2.39 bits per heavy atom. The fraction of sp³-hybridized carbons (Fsp3) is 0.444. The van der Waals surface area contributed by atoms with Gasteiger partial charge in [-0.1, -0.05) is 24.3 Å². The molecule has 2 aromatic rings. The molecule has 1 saturated carbocycles. The van der Waals surface area contributed by atoms with Gasteiger partial charge in [-0.2, -0.15) is 0 Å². The lowest BCUT2D eigenvalue weighted by molar-refractivity contribution is 0.0495. The van der Waals surface area contributed by atoms with Crippen molar-refractivity contribution in [2.75, 3.05) is 0 Å². The minimum absolute atomic E-state index is 0.260. The summed E-state index contributed by atoms with van der Waals surface area (Å²) in [6, 6.07) is 8.40. The summed E-state index contributed by atoms with van der Waals surface area (Å²) in [5.74, 6) is 0. The highest BCUT2D eigenvalue weighted by molar-refractivity contribution is 7.13. The Kier molecular flexibility index (Phi) is 3.92. The van der Waals surface area contributed by atoms with Crippen LogP contribution in [0.2, 0.25) is 0 Å². The van der Waals surface area contributed by atoms with Gasteiger partial charge in [0.15, 0.2) is 0 Å². The molecule has 0 radical (unpaired) electrons. The molecular formula is C18H22N2O2S. The quantitative estimate of drug-likeness (QED) is 0.892. The van der Waals surface area contributed by atoms with Crippen molar-refractivity contribution in [2.45, 2.75) is 51.7 Å². The zero-order valence-electron chi connectivity index (χ0n) is 14.0. The van der Waals surface area contributed by atoms with Crippen molar-refractivity contribution >= 4 is 17.4 Å². The number of aryl methyl sites for hydroxylation is 1. The first kappa shape index (κ1) is 16.0. The van der Waals surface area contributed by atoms with Gasteiger partial charge >= 0.3 is 6.09 Å². The van der Waals surface area contributed by atoms with Crippen LogP contribution in [0.1, 0.15) is 44.9 Å². The SMILES string of the molecule is Cc1ncsc1-c1ccc(C2(NC(=O)OC(C)(C)C)CC2)cc1. The average molecular weight is 330 g/mol. The maximum atomic E-state index is 12.0. The molecule has 1 fully saturated rings. The molecule has 0 spiro atoms. The van der Waals surface area contributed by atoms with Crippen LogP contribution in [0.3, 0.4) is 0 Å². The third-order valence-electron chi connectivity index (χ3n) is 3.94. The van der Waals surface area contributed by atoms with E-state index in [-0.39, 0.29) is 11.6 Å². The molecule has 0 unspecified atom stereocenters. The second-order valence-electron chi connectivity index (χ2n) is 7.05. The van der Waals surface area contributed by atoms with Gasteiger partial charge in [0.1, 0.15) is 5.60 Å². The van der Waals surface area contributed by atoms with E-state index in [9.17, 15) is 4.79 Å². The van der Waals surface area contributed by atoms with Crippen LogP contribution in [-0.2, 0) is 10.3 Å². The summed E-state index contributed by atoms with van der Waals surface area (Å²) in [7, 11) is 0. The van der Waals surface area contributed by atoms with E-state index in [1.165, 1.54) is 10.4 Å². The molecule has 1 aliphatic rings. The van der Waals surface area contributed by atoms with Crippen LogP contribution in [0, 0.1) is 6.92 Å². The Bertz CT molecular complexity index is 709. The number of nitrogens with zero attached hydrogens (tertiary/aromatic N) is 1. The molecule has 0 saturated heterocycles. The van der Waals surface area contributed by atoms with Gasteiger partial charge < -0.3 is 10.1 Å². The maximum absolute atomic E-state index is 12.0. The number of hydrogen-bond acceptors (Lipinski definition) is 4. The number of thiazole rings is 1. The summed E-state index contributed by atoms with van der Waals surface area (Å²) in [6.07, 6.45) is 1.55. The lowest BCUT2D eigenvalue weighted by atomic mass is 10.0. The van der Waals surface area contributed by atoms with Crippen LogP contribution in [0.25, 0.3) is 10.4 Å². The summed E-state index contributed by atoms with van der Waals surface area (Å²) in [4.78, 5) is 17.5. The van der Waals surface area contributed by atoms with Gasteiger partial charge in [-0.3, -0.25) is 0 Å². The summed E-state index contributed by atoms with van der Waals surface area (Å²) >= 11 is 1.65. The van der Waals surface area contributed by atoms with Crippen LogP contribution in [-0.4, -0.2) is 16.7 Å². The highest BCUT2D eigenvalue weighted by atomic mass is 32.1. The molecule has 1 heterocycles. The van der Waals surface area contributed by atoms with Crippen molar-refractivity contribution in [1.82, 2.24) is 10.3 Å². The van der Waals surface area contributed by atoms with Crippen LogP contribution in [0.15, 0.2) is 29.8 Å². The number of rotatable bonds is 3. The van der Waals surface area contributed by atoms with Crippen molar-refractivity contribution in [3.8, 4) is 10.4 Å². The zero-order valence-corrected chi connectivity index (χ0v) is 14.8. The number of nitrogens with one attached hydrogen (secondary N) is 1. The Morgan fingerprint density at radius 2 is 1.91 bits per heavy atom. The normalized spacial score (nSPS) is 16.0. The number of ether oxygens (including phenoxy) is 1. The van der Waals surface area contributed by atoms with E-state index in [1.54, 1.807) is 11.3 Å². The molecule has 122 valence electrons. The predicted molar refractivity (Wildman–Crippen MR) is 92.6 cm³/mol.